The van der Waals surface area contributed by atoms with Gasteiger partial charge in [-0.3, -0.25) is 5.32 Å². The summed E-state index contributed by atoms with van der Waals surface area (Å²) in [5, 5.41) is 12.2. The minimum Gasteiger partial charge on any atom is -0.488 e. The first-order valence-corrected chi connectivity index (χ1v) is 7.77. The van der Waals surface area contributed by atoms with Crippen LogP contribution in [0.3, 0.4) is 0 Å². The zero-order chi connectivity index (χ0) is 16.9. The Hall–Kier alpha value is -2.84. The van der Waals surface area contributed by atoms with Gasteiger partial charge < -0.3 is 9.47 Å². The Morgan fingerprint density at radius 1 is 1.38 bits per heavy atom. The van der Waals surface area contributed by atoms with Gasteiger partial charge in [-0.25, -0.2) is 4.79 Å². The van der Waals surface area contributed by atoms with Gasteiger partial charge in [-0.2, -0.15) is 5.26 Å². The fourth-order valence-corrected chi connectivity index (χ4v) is 2.86. The van der Waals surface area contributed by atoms with E-state index in [0.29, 0.717) is 17.7 Å². The van der Waals surface area contributed by atoms with Crippen LogP contribution in [0.1, 0.15) is 22.7 Å². The van der Waals surface area contributed by atoms with Gasteiger partial charge in [0.1, 0.15) is 17.9 Å². The van der Waals surface area contributed by atoms with Crippen LogP contribution in [0.5, 0.6) is 5.75 Å². The lowest BCUT2D eigenvalue weighted by Gasteiger charge is -2.19. The van der Waals surface area contributed by atoms with Gasteiger partial charge >= 0.3 is 5.97 Å². The maximum absolute atomic E-state index is 12.1. The Labute approximate surface area is 140 Å². The molecule has 0 amide bonds. The first-order valence-electron chi connectivity index (χ1n) is 7.77. The van der Waals surface area contributed by atoms with Crippen molar-refractivity contribution in [3.05, 3.63) is 65.2 Å². The Balaban J connectivity index is 1.70. The monoisotopic (exact) mass is 322 g/mol. The van der Waals surface area contributed by atoms with Gasteiger partial charge in [0.25, 0.3) is 0 Å². The molecule has 0 bridgehead atoms. The molecule has 0 spiro atoms. The summed E-state index contributed by atoms with van der Waals surface area (Å²) in [5.74, 6) is 0.506. The average molecular weight is 322 g/mol. The van der Waals surface area contributed by atoms with Crippen molar-refractivity contribution in [3.63, 3.8) is 0 Å². The third kappa shape index (κ3) is 3.39. The van der Waals surface area contributed by atoms with Crippen LogP contribution in [0.4, 0.5) is 0 Å². The minimum absolute atomic E-state index is 0.0336. The number of nitrogens with zero attached hydrogens (tertiary/aromatic N) is 1. The fourth-order valence-electron chi connectivity index (χ4n) is 2.86. The second-order valence-electron chi connectivity index (χ2n) is 5.65. The van der Waals surface area contributed by atoms with E-state index in [1.807, 2.05) is 24.3 Å². The Morgan fingerprint density at radius 3 is 2.96 bits per heavy atom. The number of ether oxygens (including phenoxy) is 2. The molecule has 5 heteroatoms. The number of rotatable bonds is 5. The van der Waals surface area contributed by atoms with Crippen LogP contribution in [-0.4, -0.2) is 25.7 Å². The third-order valence-electron chi connectivity index (χ3n) is 4.05. The zero-order valence-electron chi connectivity index (χ0n) is 13.4. The molecule has 2 aromatic rings. The molecule has 3 rings (SSSR count). The normalized spacial score (nSPS) is 16.6. The number of para-hydroxylation sites is 1. The van der Waals surface area contributed by atoms with Crippen molar-refractivity contribution < 1.29 is 14.3 Å². The number of nitrogens with one attached hydrogen (secondary N) is 1. The second kappa shape index (κ2) is 7.16. The molecule has 0 saturated carbocycles. The van der Waals surface area contributed by atoms with Gasteiger partial charge in [0, 0.05) is 13.0 Å². The van der Waals surface area contributed by atoms with Crippen LogP contribution in [0.25, 0.3) is 0 Å². The molecule has 0 unspecified atom stereocenters. The predicted octanol–water partition coefficient (Wildman–Crippen LogP) is 2.37. The third-order valence-corrected chi connectivity index (χ3v) is 4.05. The SMILES string of the molecule is COC(=O)[C@@H](NC[C@H]1Cc2ccccc2O1)c1cccc(C#N)c1. The van der Waals surface area contributed by atoms with E-state index in [0.717, 1.165) is 12.2 Å². The molecule has 5 nitrogen and oxygen atoms in total. The van der Waals surface area contributed by atoms with Crippen LogP contribution in [0.15, 0.2) is 48.5 Å². The molecule has 24 heavy (non-hydrogen) atoms. The van der Waals surface area contributed by atoms with Crippen LogP contribution in [-0.2, 0) is 16.0 Å². The summed E-state index contributed by atoms with van der Waals surface area (Å²) in [7, 11) is 1.35. The molecule has 0 aliphatic carbocycles. The predicted molar refractivity (Wildman–Crippen MR) is 88.5 cm³/mol. The number of fused-ring (bicyclic) bond motifs is 1. The average Bonchev–Trinajstić information content (AvgIpc) is 3.04. The quantitative estimate of drug-likeness (QED) is 0.856. The first-order chi connectivity index (χ1) is 11.7. The van der Waals surface area contributed by atoms with Crippen molar-refractivity contribution in [3.8, 4) is 11.8 Å². The van der Waals surface area contributed by atoms with Crippen LogP contribution in [0, 0.1) is 11.3 Å². The summed E-state index contributed by atoms with van der Waals surface area (Å²) in [5.41, 5.74) is 2.38. The maximum atomic E-state index is 12.1. The van der Waals surface area contributed by atoms with Crippen molar-refractivity contribution in [1.82, 2.24) is 5.32 Å². The molecule has 2 aromatic carbocycles. The minimum atomic E-state index is -0.629. The summed E-state index contributed by atoms with van der Waals surface area (Å²) in [4.78, 5) is 12.1. The van der Waals surface area contributed by atoms with Crippen molar-refractivity contribution >= 4 is 5.97 Å². The van der Waals surface area contributed by atoms with E-state index in [1.54, 1.807) is 24.3 Å². The van der Waals surface area contributed by atoms with Crippen molar-refractivity contribution in [2.24, 2.45) is 0 Å². The molecule has 0 radical (unpaired) electrons. The summed E-state index contributed by atoms with van der Waals surface area (Å²) < 4.78 is 10.8. The fraction of sp³-hybridized carbons (Fsp3) is 0.263. The van der Waals surface area contributed by atoms with Gasteiger partial charge in [0.15, 0.2) is 0 Å². The van der Waals surface area contributed by atoms with Crippen molar-refractivity contribution in [2.45, 2.75) is 18.6 Å². The Bertz CT molecular complexity index is 757. The summed E-state index contributed by atoms with van der Waals surface area (Å²) in [6, 6.07) is 16.3. The van der Waals surface area contributed by atoms with Crippen molar-refractivity contribution in [1.29, 1.82) is 5.26 Å². The van der Waals surface area contributed by atoms with E-state index in [1.165, 1.54) is 12.7 Å². The summed E-state index contributed by atoms with van der Waals surface area (Å²) in [6.07, 6.45) is 0.767. The summed E-state index contributed by atoms with van der Waals surface area (Å²) >= 11 is 0. The van der Waals surface area contributed by atoms with Crippen molar-refractivity contribution in [2.75, 3.05) is 13.7 Å². The molecule has 1 heterocycles. The molecule has 2 atom stereocenters. The zero-order valence-corrected chi connectivity index (χ0v) is 13.4. The lowest BCUT2D eigenvalue weighted by molar-refractivity contribution is -0.143. The highest BCUT2D eigenvalue weighted by Gasteiger charge is 2.26. The Morgan fingerprint density at radius 2 is 2.21 bits per heavy atom. The number of esters is 1. The highest BCUT2D eigenvalue weighted by Crippen LogP contribution is 2.28. The van der Waals surface area contributed by atoms with E-state index >= 15 is 0 Å². The molecule has 122 valence electrons. The van der Waals surface area contributed by atoms with E-state index in [9.17, 15) is 4.79 Å². The highest BCUT2D eigenvalue weighted by atomic mass is 16.5. The molecule has 1 aliphatic rings. The van der Waals surface area contributed by atoms with Gasteiger partial charge in [0.2, 0.25) is 0 Å². The topological polar surface area (TPSA) is 71.3 Å². The van der Waals surface area contributed by atoms with Gasteiger partial charge in [-0.15, -0.1) is 0 Å². The lowest BCUT2D eigenvalue weighted by atomic mass is 10.0. The molecule has 0 saturated heterocycles. The smallest absolute Gasteiger partial charge is 0.327 e. The standard InChI is InChI=1S/C19H18N2O3/c1-23-19(22)18(15-7-4-5-13(9-15)11-20)21-12-16-10-14-6-2-3-8-17(14)24-16/h2-9,16,18,21H,10,12H2,1H3/t16-,18+/m1/s1. The van der Waals surface area contributed by atoms with Gasteiger partial charge in [0.05, 0.1) is 18.7 Å². The van der Waals surface area contributed by atoms with E-state index in [4.69, 9.17) is 14.7 Å². The molecule has 0 aromatic heterocycles. The number of carbonyl (C=O) groups is 1. The number of carbonyl (C=O) groups excluding carboxylic acids is 1. The van der Waals surface area contributed by atoms with Crippen LogP contribution in [0.2, 0.25) is 0 Å². The Kier molecular flexibility index (Phi) is 4.78. The van der Waals surface area contributed by atoms with Gasteiger partial charge in [-0.1, -0.05) is 30.3 Å². The molecule has 1 aliphatic heterocycles. The van der Waals surface area contributed by atoms with E-state index in [-0.39, 0.29) is 12.1 Å². The highest BCUT2D eigenvalue weighted by molar-refractivity contribution is 5.77. The molecule has 0 fully saturated rings. The number of nitriles is 1. The lowest BCUT2D eigenvalue weighted by Crippen LogP contribution is -2.37. The van der Waals surface area contributed by atoms with Gasteiger partial charge in [-0.05, 0) is 29.3 Å². The van der Waals surface area contributed by atoms with Crippen LogP contribution >= 0.6 is 0 Å². The molecular formula is C19H18N2O3. The number of hydrogen-bond acceptors (Lipinski definition) is 5. The largest absolute Gasteiger partial charge is 0.488 e. The molecule has 1 N–H and O–H groups in total. The van der Waals surface area contributed by atoms with E-state index < -0.39 is 6.04 Å². The maximum Gasteiger partial charge on any atom is 0.327 e. The summed E-state index contributed by atoms with van der Waals surface area (Å²) in [6.45, 7) is 0.505. The van der Waals surface area contributed by atoms with E-state index in [2.05, 4.69) is 11.4 Å². The first kappa shape index (κ1) is 16.0. The second-order valence-corrected chi connectivity index (χ2v) is 5.65. The molecular weight excluding hydrogens is 304 g/mol. The van der Waals surface area contributed by atoms with Crippen LogP contribution < -0.4 is 10.1 Å². The number of benzene rings is 2. The number of methoxy groups -OCH3 is 1. The number of hydrogen-bond donors (Lipinski definition) is 1.